The smallest absolute Gasteiger partial charge is 0.253 e. The largest absolute Gasteiger partial charge is 0.383 e. The predicted octanol–water partition coefficient (Wildman–Crippen LogP) is 3.87. The van der Waals surface area contributed by atoms with Crippen LogP contribution in [0.4, 0.5) is 0 Å². The number of benzene rings is 2. The van der Waals surface area contributed by atoms with Gasteiger partial charge in [-0.15, -0.1) is 0 Å². The Labute approximate surface area is 177 Å². The van der Waals surface area contributed by atoms with Gasteiger partial charge < -0.3 is 14.5 Å². The van der Waals surface area contributed by atoms with Gasteiger partial charge in [0.05, 0.1) is 12.5 Å². The van der Waals surface area contributed by atoms with Gasteiger partial charge in [-0.05, 0) is 42.7 Å². The molecule has 3 rings (SSSR count). The van der Waals surface area contributed by atoms with E-state index in [9.17, 15) is 9.59 Å². The van der Waals surface area contributed by atoms with Crippen LogP contribution in [0.3, 0.4) is 0 Å². The zero-order valence-electron chi connectivity index (χ0n) is 16.7. The molecular weight excluding hydrogens is 388 g/mol. The molecule has 1 aliphatic rings. The summed E-state index contributed by atoms with van der Waals surface area (Å²) in [6.07, 6.45) is 1.61. The van der Waals surface area contributed by atoms with Crippen molar-refractivity contribution in [1.82, 2.24) is 9.80 Å². The molecule has 1 saturated heterocycles. The number of halogens is 1. The first-order valence-corrected chi connectivity index (χ1v) is 10.3. The molecule has 0 N–H and O–H groups in total. The Hall–Kier alpha value is -2.37. The van der Waals surface area contributed by atoms with Crippen molar-refractivity contribution >= 4 is 23.4 Å². The molecule has 1 fully saturated rings. The van der Waals surface area contributed by atoms with Gasteiger partial charge >= 0.3 is 0 Å². The van der Waals surface area contributed by atoms with Crippen molar-refractivity contribution in [2.75, 3.05) is 33.4 Å². The number of carbonyl (C=O) groups is 2. The Kier molecular flexibility index (Phi) is 7.67. The van der Waals surface area contributed by atoms with Crippen LogP contribution < -0.4 is 0 Å². The van der Waals surface area contributed by atoms with Crippen molar-refractivity contribution in [3.63, 3.8) is 0 Å². The third-order valence-corrected chi connectivity index (χ3v) is 5.49. The fourth-order valence-electron chi connectivity index (χ4n) is 3.67. The number of carbonyl (C=O) groups excluding carboxylic acids is 2. The van der Waals surface area contributed by atoms with E-state index in [4.69, 9.17) is 16.3 Å². The molecular formula is C23H27ClN2O3. The number of amides is 2. The average molecular weight is 415 g/mol. The predicted molar refractivity (Wildman–Crippen MR) is 114 cm³/mol. The Morgan fingerprint density at radius 1 is 1.14 bits per heavy atom. The number of hydrogen-bond donors (Lipinski definition) is 0. The molecule has 0 aromatic heterocycles. The molecule has 0 bridgehead atoms. The summed E-state index contributed by atoms with van der Waals surface area (Å²) in [6, 6.07) is 16.8. The molecule has 1 atom stereocenters. The van der Waals surface area contributed by atoms with Gasteiger partial charge in [-0.3, -0.25) is 9.59 Å². The van der Waals surface area contributed by atoms with E-state index in [2.05, 4.69) is 0 Å². The van der Waals surface area contributed by atoms with Crippen molar-refractivity contribution < 1.29 is 14.3 Å². The molecule has 5 nitrogen and oxygen atoms in total. The van der Waals surface area contributed by atoms with Gasteiger partial charge in [0.15, 0.2) is 0 Å². The van der Waals surface area contributed by atoms with Gasteiger partial charge in [0.1, 0.15) is 0 Å². The minimum atomic E-state index is -0.194. The first-order chi connectivity index (χ1) is 14.1. The molecule has 2 amide bonds. The quantitative estimate of drug-likeness (QED) is 0.691. The Balaban J connectivity index is 1.68. The monoisotopic (exact) mass is 414 g/mol. The maximum absolute atomic E-state index is 13.3. The molecule has 0 aliphatic carbocycles. The maximum atomic E-state index is 13.3. The van der Waals surface area contributed by atoms with Gasteiger partial charge in [0.25, 0.3) is 5.91 Å². The first-order valence-electron chi connectivity index (χ1n) is 9.95. The van der Waals surface area contributed by atoms with E-state index in [1.165, 1.54) is 0 Å². The van der Waals surface area contributed by atoms with E-state index in [0.717, 1.165) is 18.4 Å². The van der Waals surface area contributed by atoms with Crippen molar-refractivity contribution in [3.05, 3.63) is 70.7 Å². The second-order valence-electron chi connectivity index (χ2n) is 7.34. The second kappa shape index (κ2) is 10.4. The highest BCUT2D eigenvalue weighted by Crippen LogP contribution is 2.22. The first kappa shape index (κ1) is 21.3. The van der Waals surface area contributed by atoms with Crippen LogP contribution in [-0.2, 0) is 16.1 Å². The molecule has 2 aromatic rings. The number of nitrogens with zero attached hydrogens (tertiary/aromatic N) is 2. The number of methoxy groups -OCH3 is 1. The second-order valence-corrected chi connectivity index (χ2v) is 7.77. The summed E-state index contributed by atoms with van der Waals surface area (Å²) in [7, 11) is 1.64. The molecule has 154 valence electrons. The number of likely N-dealkylation sites (tertiary alicyclic amines) is 1. The van der Waals surface area contributed by atoms with Crippen LogP contribution in [0.1, 0.15) is 28.8 Å². The summed E-state index contributed by atoms with van der Waals surface area (Å²) in [5, 5.41) is 0.600. The van der Waals surface area contributed by atoms with Crippen molar-refractivity contribution in [2.24, 2.45) is 5.92 Å². The van der Waals surface area contributed by atoms with Gasteiger partial charge in [-0.25, -0.2) is 0 Å². The highest BCUT2D eigenvalue weighted by atomic mass is 35.5. The Morgan fingerprint density at radius 3 is 2.55 bits per heavy atom. The summed E-state index contributed by atoms with van der Waals surface area (Å²) >= 11 is 5.92. The third kappa shape index (κ3) is 5.81. The number of ether oxygens (including phenoxy) is 1. The molecule has 1 aliphatic heterocycles. The summed E-state index contributed by atoms with van der Waals surface area (Å²) in [6.45, 7) is 2.68. The van der Waals surface area contributed by atoms with Gasteiger partial charge in [-0.1, -0.05) is 41.9 Å². The van der Waals surface area contributed by atoms with Crippen LogP contribution in [0.5, 0.6) is 0 Å². The Bertz CT molecular complexity index is 811. The molecule has 0 spiro atoms. The van der Waals surface area contributed by atoms with E-state index in [-0.39, 0.29) is 17.7 Å². The zero-order chi connectivity index (χ0) is 20.6. The SMILES string of the molecule is COCCN(Cc1ccccc1)C(=O)C1CCCN(C(=O)c2ccc(Cl)cc2)C1. The van der Waals surface area contributed by atoms with E-state index in [1.807, 2.05) is 35.2 Å². The van der Waals surface area contributed by atoms with Crippen molar-refractivity contribution in [3.8, 4) is 0 Å². The number of rotatable bonds is 7. The lowest BCUT2D eigenvalue weighted by molar-refractivity contribution is -0.138. The maximum Gasteiger partial charge on any atom is 0.253 e. The van der Waals surface area contributed by atoms with Crippen LogP contribution in [-0.4, -0.2) is 55.0 Å². The van der Waals surface area contributed by atoms with Crippen LogP contribution in [0.2, 0.25) is 5.02 Å². The minimum absolute atomic E-state index is 0.0503. The number of hydrogen-bond acceptors (Lipinski definition) is 3. The molecule has 2 aromatic carbocycles. The van der Waals surface area contributed by atoms with Gasteiger partial charge in [0.2, 0.25) is 5.91 Å². The average Bonchev–Trinajstić information content (AvgIpc) is 2.77. The van der Waals surface area contributed by atoms with E-state index < -0.39 is 0 Å². The minimum Gasteiger partial charge on any atom is -0.383 e. The lowest BCUT2D eigenvalue weighted by Crippen LogP contribution is -2.47. The van der Waals surface area contributed by atoms with Crippen molar-refractivity contribution in [1.29, 1.82) is 0 Å². The lowest BCUT2D eigenvalue weighted by atomic mass is 9.95. The molecule has 0 radical (unpaired) electrons. The van der Waals surface area contributed by atoms with Crippen molar-refractivity contribution in [2.45, 2.75) is 19.4 Å². The lowest BCUT2D eigenvalue weighted by Gasteiger charge is -2.35. The summed E-state index contributed by atoms with van der Waals surface area (Å²) in [5.41, 5.74) is 1.69. The zero-order valence-corrected chi connectivity index (χ0v) is 17.5. The van der Waals surface area contributed by atoms with Crippen LogP contribution >= 0.6 is 11.6 Å². The Morgan fingerprint density at radius 2 is 1.86 bits per heavy atom. The highest BCUT2D eigenvalue weighted by molar-refractivity contribution is 6.30. The summed E-state index contributed by atoms with van der Waals surface area (Å²) < 4.78 is 5.21. The van der Waals surface area contributed by atoms with Gasteiger partial charge in [-0.2, -0.15) is 0 Å². The van der Waals surface area contributed by atoms with E-state index in [0.29, 0.717) is 43.4 Å². The molecule has 29 heavy (non-hydrogen) atoms. The van der Waals surface area contributed by atoms with E-state index in [1.54, 1.807) is 36.3 Å². The van der Waals surface area contributed by atoms with Gasteiger partial charge in [0, 0.05) is 43.9 Å². The molecule has 6 heteroatoms. The molecule has 0 saturated carbocycles. The van der Waals surface area contributed by atoms with E-state index >= 15 is 0 Å². The summed E-state index contributed by atoms with van der Waals surface area (Å²) in [4.78, 5) is 29.8. The van der Waals surface area contributed by atoms with Crippen LogP contribution in [0.25, 0.3) is 0 Å². The fraction of sp³-hybridized carbons (Fsp3) is 0.391. The van der Waals surface area contributed by atoms with Crippen LogP contribution in [0, 0.1) is 5.92 Å². The normalized spacial score (nSPS) is 16.5. The highest BCUT2D eigenvalue weighted by Gasteiger charge is 2.31. The fourth-order valence-corrected chi connectivity index (χ4v) is 3.79. The van der Waals surface area contributed by atoms with Crippen LogP contribution in [0.15, 0.2) is 54.6 Å². The third-order valence-electron chi connectivity index (χ3n) is 5.24. The number of piperidine rings is 1. The topological polar surface area (TPSA) is 49.9 Å². The standard InChI is InChI=1S/C23H27ClN2O3/c1-29-15-14-26(16-18-6-3-2-4-7-18)23(28)20-8-5-13-25(17-20)22(27)19-9-11-21(24)12-10-19/h2-4,6-7,9-12,20H,5,8,13-17H2,1H3. The molecule has 1 unspecified atom stereocenters. The molecule has 1 heterocycles. The summed E-state index contributed by atoms with van der Waals surface area (Å²) in [5.74, 6) is -0.161.